The molecule has 1 aromatic heterocycles. The van der Waals surface area contributed by atoms with Crippen LogP contribution in [0.2, 0.25) is 5.02 Å². The predicted octanol–water partition coefficient (Wildman–Crippen LogP) is 3.12. The average molecular weight is 345 g/mol. The maximum atomic E-state index is 11.4. The number of rotatable bonds is 3. The first-order valence-corrected chi connectivity index (χ1v) is 8.49. The zero-order valence-corrected chi connectivity index (χ0v) is 14.7. The molecule has 3 rings (SSSR count). The van der Waals surface area contributed by atoms with Gasteiger partial charge in [-0.05, 0) is 38.8 Å². The first-order valence-electron chi connectivity index (χ1n) is 8.11. The third-order valence-electron chi connectivity index (χ3n) is 4.68. The summed E-state index contributed by atoms with van der Waals surface area (Å²) < 4.78 is 0. The van der Waals surface area contributed by atoms with Gasteiger partial charge in [-0.15, -0.1) is 0 Å². The average Bonchev–Trinajstić information content (AvgIpc) is 2.58. The SMILES string of the molecule is Cc1nc(-c2ccccc2Cl)nc(N2CCC(C(N)=O)CC2)c1C. The van der Waals surface area contributed by atoms with Crippen LogP contribution in [0.4, 0.5) is 5.82 Å². The van der Waals surface area contributed by atoms with Crippen molar-refractivity contribution in [2.75, 3.05) is 18.0 Å². The van der Waals surface area contributed by atoms with Crippen molar-refractivity contribution in [1.82, 2.24) is 9.97 Å². The molecule has 0 aliphatic carbocycles. The Morgan fingerprint density at radius 2 is 1.88 bits per heavy atom. The summed E-state index contributed by atoms with van der Waals surface area (Å²) in [7, 11) is 0. The molecule has 5 nitrogen and oxygen atoms in total. The molecule has 1 fully saturated rings. The number of nitrogens with zero attached hydrogens (tertiary/aromatic N) is 3. The molecule has 0 saturated carbocycles. The number of aryl methyl sites for hydroxylation is 1. The maximum Gasteiger partial charge on any atom is 0.220 e. The molecule has 2 aromatic rings. The zero-order chi connectivity index (χ0) is 17.3. The van der Waals surface area contributed by atoms with Gasteiger partial charge in [0.15, 0.2) is 5.82 Å². The fraction of sp³-hybridized carbons (Fsp3) is 0.389. The van der Waals surface area contributed by atoms with Crippen molar-refractivity contribution in [3.05, 3.63) is 40.5 Å². The molecule has 0 atom stereocenters. The highest BCUT2D eigenvalue weighted by molar-refractivity contribution is 6.33. The maximum absolute atomic E-state index is 11.4. The van der Waals surface area contributed by atoms with E-state index in [9.17, 15) is 4.79 Å². The summed E-state index contributed by atoms with van der Waals surface area (Å²) in [5.74, 6) is 1.31. The highest BCUT2D eigenvalue weighted by Crippen LogP contribution is 2.30. The standard InChI is InChI=1S/C18H21ClN4O/c1-11-12(2)21-17(14-5-3-4-6-15(14)19)22-18(11)23-9-7-13(8-10-23)16(20)24/h3-6,13H,7-10H2,1-2H3,(H2,20,24). The third kappa shape index (κ3) is 3.22. The highest BCUT2D eigenvalue weighted by atomic mass is 35.5. The van der Waals surface area contributed by atoms with E-state index in [0.29, 0.717) is 10.8 Å². The lowest BCUT2D eigenvalue weighted by Crippen LogP contribution is -2.39. The molecule has 2 heterocycles. The lowest BCUT2D eigenvalue weighted by molar-refractivity contribution is -0.122. The number of carbonyl (C=O) groups excluding carboxylic acids is 1. The Morgan fingerprint density at radius 3 is 2.50 bits per heavy atom. The van der Waals surface area contributed by atoms with E-state index in [1.54, 1.807) is 0 Å². The van der Waals surface area contributed by atoms with Crippen molar-refractivity contribution in [3.63, 3.8) is 0 Å². The fourth-order valence-corrected chi connectivity index (χ4v) is 3.28. The van der Waals surface area contributed by atoms with E-state index in [1.165, 1.54) is 0 Å². The van der Waals surface area contributed by atoms with E-state index >= 15 is 0 Å². The number of halogens is 1. The molecule has 6 heteroatoms. The van der Waals surface area contributed by atoms with Crippen molar-refractivity contribution in [3.8, 4) is 11.4 Å². The normalized spacial score (nSPS) is 15.5. The van der Waals surface area contributed by atoms with Crippen LogP contribution in [0.1, 0.15) is 24.1 Å². The van der Waals surface area contributed by atoms with Crippen LogP contribution in [0.5, 0.6) is 0 Å². The Hall–Kier alpha value is -2.14. The van der Waals surface area contributed by atoms with Crippen molar-refractivity contribution >= 4 is 23.3 Å². The number of amides is 1. The van der Waals surface area contributed by atoms with Crippen LogP contribution in [0.25, 0.3) is 11.4 Å². The number of nitrogens with two attached hydrogens (primary N) is 1. The molecule has 1 aliphatic rings. The second-order valence-corrected chi connectivity index (χ2v) is 6.63. The molecule has 0 bridgehead atoms. The number of hydrogen-bond acceptors (Lipinski definition) is 4. The molecule has 1 saturated heterocycles. The molecule has 0 unspecified atom stereocenters. The van der Waals surface area contributed by atoms with Crippen molar-refractivity contribution in [1.29, 1.82) is 0 Å². The number of benzene rings is 1. The van der Waals surface area contributed by atoms with Crippen LogP contribution >= 0.6 is 11.6 Å². The van der Waals surface area contributed by atoms with E-state index in [4.69, 9.17) is 22.3 Å². The molecular formula is C18H21ClN4O. The van der Waals surface area contributed by atoms with Crippen LogP contribution in [0.15, 0.2) is 24.3 Å². The van der Waals surface area contributed by atoms with Crippen LogP contribution in [0, 0.1) is 19.8 Å². The Bertz CT molecular complexity index is 770. The van der Waals surface area contributed by atoms with E-state index in [1.807, 2.05) is 38.1 Å². The largest absolute Gasteiger partial charge is 0.369 e. The van der Waals surface area contributed by atoms with Gasteiger partial charge in [-0.25, -0.2) is 9.97 Å². The first kappa shape index (κ1) is 16.7. The lowest BCUT2D eigenvalue weighted by atomic mass is 9.96. The number of aromatic nitrogens is 2. The minimum atomic E-state index is -0.206. The van der Waals surface area contributed by atoms with Gasteiger partial charge < -0.3 is 10.6 Å². The van der Waals surface area contributed by atoms with Crippen LogP contribution < -0.4 is 10.6 Å². The van der Waals surface area contributed by atoms with Gasteiger partial charge in [0, 0.05) is 35.8 Å². The topological polar surface area (TPSA) is 72.1 Å². The summed E-state index contributed by atoms with van der Waals surface area (Å²) in [6.45, 7) is 5.55. The molecule has 1 aromatic carbocycles. The van der Waals surface area contributed by atoms with E-state index < -0.39 is 0 Å². The van der Waals surface area contributed by atoms with Gasteiger partial charge in [0.1, 0.15) is 5.82 Å². The molecule has 126 valence electrons. The van der Waals surface area contributed by atoms with Crippen molar-refractivity contribution in [2.24, 2.45) is 11.7 Å². The monoisotopic (exact) mass is 344 g/mol. The van der Waals surface area contributed by atoms with Gasteiger partial charge in [0.25, 0.3) is 0 Å². The number of carbonyl (C=O) groups is 1. The van der Waals surface area contributed by atoms with Crippen LogP contribution in [-0.2, 0) is 4.79 Å². The number of primary amides is 1. The zero-order valence-electron chi connectivity index (χ0n) is 13.9. The quantitative estimate of drug-likeness (QED) is 0.928. The van der Waals surface area contributed by atoms with Gasteiger partial charge in [0.05, 0.1) is 5.02 Å². The summed E-state index contributed by atoms with van der Waals surface area (Å²) >= 11 is 6.30. The van der Waals surface area contributed by atoms with Gasteiger partial charge in [-0.3, -0.25) is 4.79 Å². The van der Waals surface area contributed by atoms with Gasteiger partial charge in [0.2, 0.25) is 5.91 Å². The summed E-state index contributed by atoms with van der Waals surface area (Å²) in [5.41, 5.74) is 8.25. The smallest absolute Gasteiger partial charge is 0.220 e. The molecule has 24 heavy (non-hydrogen) atoms. The summed E-state index contributed by atoms with van der Waals surface area (Å²) in [5, 5.41) is 0.638. The van der Waals surface area contributed by atoms with Gasteiger partial charge >= 0.3 is 0 Å². The lowest BCUT2D eigenvalue weighted by Gasteiger charge is -2.32. The summed E-state index contributed by atoms with van der Waals surface area (Å²) in [6, 6.07) is 7.59. The Morgan fingerprint density at radius 1 is 1.21 bits per heavy atom. The number of anilines is 1. The second-order valence-electron chi connectivity index (χ2n) is 6.22. The van der Waals surface area contributed by atoms with Crippen LogP contribution in [0.3, 0.4) is 0 Å². The predicted molar refractivity (Wildman–Crippen MR) is 96.1 cm³/mol. The van der Waals surface area contributed by atoms with Crippen molar-refractivity contribution < 1.29 is 4.79 Å². The summed E-state index contributed by atoms with van der Waals surface area (Å²) in [6.07, 6.45) is 1.53. The van der Waals surface area contributed by atoms with E-state index in [0.717, 1.165) is 48.6 Å². The minimum Gasteiger partial charge on any atom is -0.369 e. The van der Waals surface area contributed by atoms with Crippen molar-refractivity contribution in [2.45, 2.75) is 26.7 Å². The van der Waals surface area contributed by atoms with E-state index in [-0.39, 0.29) is 11.8 Å². The highest BCUT2D eigenvalue weighted by Gasteiger charge is 2.25. The minimum absolute atomic E-state index is 0.0347. The fourth-order valence-electron chi connectivity index (χ4n) is 3.06. The second kappa shape index (κ2) is 6.77. The molecule has 0 spiro atoms. The molecule has 1 aliphatic heterocycles. The number of hydrogen-bond donors (Lipinski definition) is 1. The van der Waals surface area contributed by atoms with Crippen LogP contribution in [-0.4, -0.2) is 29.0 Å². The molecule has 1 amide bonds. The van der Waals surface area contributed by atoms with Gasteiger partial charge in [-0.1, -0.05) is 23.7 Å². The summed E-state index contributed by atoms with van der Waals surface area (Å²) in [4.78, 5) is 22.9. The first-order chi connectivity index (χ1) is 11.5. The molecule has 2 N–H and O–H groups in total. The van der Waals surface area contributed by atoms with E-state index in [2.05, 4.69) is 9.88 Å². The van der Waals surface area contributed by atoms with Gasteiger partial charge in [-0.2, -0.15) is 0 Å². The third-order valence-corrected chi connectivity index (χ3v) is 5.00. The Kier molecular flexibility index (Phi) is 4.71. The Balaban J connectivity index is 1.94. The number of piperidine rings is 1. The molecule has 0 radical (unpaired) electrons. The molecular weight excluding hydrogens is 324 g/mol. The Labute approximate surface area is 146 Å².